The third kappa shape index (κ3) is 2.55. The first-order valence-corrected chi connectivity index (χ1v) is 4.78. The molecule has 14 heavy (non-hydrogen) atoms. The van der Waals surface area contributed by atoms with Crippen LogP contribution in [0.5, 0.6) is 0 Å². The van der Waals surface area contributed by atoms with Crippen molar-refractivity contribution < 1.29 is 14.6 Å². The maximum absolute atomic E-state index is 10.8. The van der Waals surface area contributed by atoms with Gasteiger partial charge in [-0.3, -0.25) is 4.79 Å². The van der Waals surface area contributed by atoms with E-state index in [0.717, 1.165) is 0 Å². The Morgan fingerprint density at radius 3 is 3.07 bits per heavy atom. The predicted octanol–water partition coefficient (Wildman–Crippen LogP) is 1.22. The summed E-state index contributed by atoms with van der Waals surface area (Å²) in [5.41, 5.74) is 0.494. The summed E-state index contributed by atoms with van der Waals surface area (Å²) in [7, 11) is 1.27. The van der Waals surface area contributed by atoms with Gasteiger partial charge in [-0.05, 0) is 6.07 Å². The molecule has 1 aromatic rings. The van der Waals surface area contributed by atoms with Gasteiger partial charge in [0, 0.05) is 10.3 Å². The number of thiophene rings is 1. The average Bonchev–Trinajstić information content (AvgIpc) is 2.65. The van der Waals surface area contributed by atoms with Gasteiger partial charge in [-0.1, -0.05) is 0 Å². The highest BCUT2D eigenvalue weighted by atomic mass is 32.1. The standard InChI is InChI=1S/C9H9NO3S/c1-13-9(12)3-7(11)8-2-6(4-10)5-14-8/h2,5,7,11H,3H2,1H3. The number of rotatable bonds is 3. The van der Waals surface area contributed by atoms with Crippen LogP contribution >= 0.6 is 11.3 Å². The van der Waals surface area contributed by atoms with E-state index in [9.17, 15) is 9.90 Å². The number of nitriles is 1. The van der Waals surface area contributed by atoms with Gasteiger partial charge in [0.1, 0.15) is 6.07 Å². The molecule has 74 valence electrons. The molecule has 4 nitrogen and oxygen atoms in total. The minimum atomic E-state index is -0.880. The summed E-state index contributed by atoms with van der Waals surface area (Å²) in [5.74, 6) is -0.468. The van der Waals surface area contributed by atoms with Crippen molar-refractivity contribution in [1.82, 2.24) is 0 Å². The number of ether oxygens (including phenoxy) is 1. The Kier molecular flexibility index (Phi) is 3.63. The third-order valence-electron chi connectivity index (χ3n) is 1.66. The Hall–Kier alpha value is -1.38. The minimum absolute atomic E-state index is 0.0815. The highest BCUT2D eigenvalue weighted by molar-refractivity contribution is 7.10. The van der Waals surface area contributed by atoms with Crippen LogP contribution in [0.3, 0.4) is 0 Å². The second kappa shape index (κ2) is 4.74. The molecule has 1 atom stereocenters. The molecule has 1 unspecified atom stereocenters. The highest BCUT2D eigenvalue weighted by Gasteiger charge is 2.15. The zero-order valence-electron chi connectivity index (χ0n) is 7.56. The van der Waals surface area contributed by atoms with Crippen LogP contribution in [-0.2, 0) is 9.53 Å². The summed E-state index contributed by atoms with van der Waals surface area (Å²) in [6, 6.07) is 3.52. The number of carbonyl (C=O) groups excluding carboxylic acids is 1. The van der Waals surface area contributed by atoms with Crippen LogP contribution in [-0.4, -0.2) is 18.2 Å². The van der Waals surface area contributed by atoms with Crippen molar-refractivity contribution in [2.75, 3.05) is 7.11 Å². The van der Waals surface area contributed by atoms with Gasteiger partial charge in [0.05, 0.1) is 25.2 Å². The summed E-state index contributed by atoms with van der Waals surface area (Å²) in [4.78, 5) is 11.4. The van der Waals surface area contributed by atoms with Crippen LogP contribution in [0.1, 0.15) is 23.0 Å². The van der Waals surface area contributed by atoms with Crippen LogP contribution < -0.4 is 0 Å². The maximum Gasteiger partial charge on any atom is 0.308 e. The van der Waals surface area contributed by atoms with E-state index in [2.05, 4.69) is 4.74 Å². The van der Waals surface area contributed by atoms with Crippen molar-refractivity contribution in [3.8, 4) is 6.07 Å². The lowest BCUT2D eigenvalue weighted by atomic mass is 10.2. The SMILES string of the molecule is COC(=O)CC(O)c1cc(C#N)cs1. The van der Waals surface area contributed by atoms with Crippen molar-refractivity contribution >= 4 is 17.3 Å². The summed E-state index contributed by atoms with van der Waals surface area (Å²) < 4.78 is 4.42. The molecule has 0 saturated carbocycles. The van der Waals surface area contributed by atoms with Crippen LogP contribution in [0.2, 0.25) is 0 Å². The second-order valence-corrected chi connectivity index (χ2v) is 3.59. The van der Waals surface area contributed by atoms with Crippen LogP contribution in [0.15, 0.2) is 11.4 Å². The monoisotopic (exact) mass is 211 g/mol. The molecule has 0 saturated heterocycles. The Bertz CT molecular complexity index is 366. The maximum atomic E-state index is 10.8. The van der Waals surface area contributed by atoms with E-state index in [-0.39, 0.29) is 6.42 Å². The Labute approximate surface area is 85.4 Å². The fourth-order valence-corrected chi connectivity index (χ4v) is 1.75. The fraction of sp³-hybridized carbons (Fsp3) is 0.333. The number of esters is 1. The van der Waals surface area contributed by atoms with Crippen LogP contribution in [0.25, 0.3) is 0 Å². The van der Waals surface area contributed by atoms with Gasteiger partial charge in [-0.2, -0.15) is 5.26 Å². The number of hydrogen-bond donors (Lipinski definition) is 1. The normalized spacial score (nSPS) is 11.8. The molecule has 1 N–H and O–H groups in total. The van der Waals surface area contributed by atoms with Crippen molar-refractivity contribution in [2.24, 2.45) is 0 Å². The Morgan fingerprint density at radius 2 is 2.57 bits per heavy atom. The molecular weight excluding hydrogens is 202 g/mol. The number of carbonyl (C=O) groups is 1. The number of hydrogen-bond acceptors (Lipinski definition) is 5. The summed E-state index contributed by atoms with van der Waals surface area (Å²) in [5, 5.41) is 19.7. The van der Waals surface area contributed by atoms with Gasteiger partial charge in [-0.25, -0.2) is 0 Å². The number of aliphatic hydroxyl groups excluding tert-OH is 1. The first-order valence-electron chi connectivity index (χ1n) is 3.90. The summed E-state index contributed by atoms with van der Waals surface area (Å²) in [6.45, 7) is 0. The molecule has 0 aliphatic carbocycles. The van der Waals surface area contributed by atoms with E-state index >= 15 is 0 Å². The van der Waals surface area contributed by atoms with E-state index in [4.69, 9.17) is 5.26 Å². The first-order chi connectivity index (χ1) is 6.67. The van der Waals surface area contributed by atoms with Gasteiger partial charge in [-0.15, -0.1) is 11.3 Å². The minimum Gasteiger partial charge on any atom is -0.469 e. The van der Waals surface area contributed by atoms with Crippen LogP contribution in [0, 0.1) is 11.3 Å². The average molecular weight is 211 g/mol. The lowest BCUT2D eigenvalue weighted by molar-refractivity contribution is -0.142. The number of aliphatic hydroxyl groups is 1. The molecule has 0 aliphatic heterocycles. The highest BCUT2D eigenvalue weighted by Crippen LogP contribution is 2.24. The van der Waals surface area contributed by atoms with E-state index < -0.39 is 12.1 Å². The van der Waals surface area contributed by atoms with E-state index in [0.29, 0.717) is 10.4 Å². The van der Waals surface area contributed by atoms with Crippen LogP contribution in [0.4, 0.5) is 0 Å². The Balaban J connectivity index is 2.65. The molecule has 0 amide bonds. The molecule has 0 aromatic carbocycles. The van der Waals surface area contributed by atoms with Gasteiger partial charge in [0.15, 0.2) is 0 Å². The van der Waals surface area contributed by atoms with Gasteiger partial charge < -0.3 is 9.84 Å². The summed E-state index contributed by atoms with van der Waals surface area (Å²) in [6.07, 6.45) is -0.962. The molecule has 0 bridgehead atoms. The van der Waals surface area contributed by atoms with E-state index in [1.807, 2.05) is 6.07 Å². The van der Waals surface area contributed by atoms with Gasteiger partial charge in [0.2, 0.25) is 0 Å². The van der Waals surface area contributed by atoms with Gasteiger partial charge >= 0.3 is 5.97 Å². The van der Waals surface area contributed by atoms with Gasteiger partial charge in [0.25, 0.3) is 0 Å². The molecule has 0 fully saturated rings. The quantitative estimate of drug-likeness (QED) is 0.763. The lowest BCUT2D eigenvalue weighted by Crippen LogP contribution is -2.06. The first kappa shape index (κ1) is 10.7. The van der Waals surface area contributed by atoms with Crippen molar-refractivity contribution in [3.63, 3.8) is 0 Å². The predicted molar refractivity (Wildman–Crippen MR) is 50.6 cm³/mol. The number of methoxy groups -OCH3 is 1. The topological polar surface area (TPSA) is 70.3 Å². The van der Waals surface area contributed by atoms with E-state index in [1.54, 1.807) is 11.4 Å². The second-order valence-electron chi connectivity index (χ2n) is 2.65. The molecule has 0 radical (unpaired) electrons. The lowest BCUT2D eigenvalue weighted by Gasteiger charge is -2.05. The third-order valence-corrected chi connectivity index (χ3v) is 2.70. The van der Waals surface area contributed by atoms with Crippen molar-refractivity contribution in [2.45, 2.75) is 12.5 Å². The van der Waals surface area contributed by atoms with E-state index in [1.165, 1.54) is 18.4 Å². The molecule has 5 heteroatoms. The smallest absolute Gasteiger partial charge is 0.308 e. The summed E-state index contributed by atoms with van der Waals surface area (Å²) >= 11 is 1.25. The zero-order chi connectivity index (χ0) is 10.6. The molecule has 0 aliphatic rings. The fourth-order valence-electron chi connectivity index (χ4n) is 0.928. The number of nitrogens with zero attached hydrogens (tertiary/aromatic N) is 1. The zero-order valence-corrected chi connectivity index (χ0v) is 8.37. The molecule has 1 aromatic heterocycles. The molecule has 1 heterocycles. The molecule has 1 rings (SSSR count). The van der Waals surface area contributed by atoms with Crippen molar-refractivity contribution in [3.05, 3.63) is 21.9 Å². The Morgan fingerprint density at radius 1 is 1.86 bits per heavy atom. The molecule has 0 spiro atoms. The van der Waals surface area contributed by atoms with Crippen molar-refractivity contribution in [1.29, 1.82) is 5.26 Å². The largest absolute Gasteiger partial charge is 0.469 e. The molecular formula is C9H9NO3S.